The standard InChI is InChI=1S/C21H22N2O4/c1-14(17-7-8-19-20(10-17)26-13-25-19)23-27-12-21(24)22-11-15-5-6-16-3-2-4-18(16)9-15/h5-10H,2-4,11-13H2,1H3,(H,22,24). The number of oxime groups is 1. The molecule has 2 aromatic carbocycles. The minimum Gasteiger partial charge on any atom is -0.454 e. The molecule has 0 spiro atoms. The number of hydrogen-bond donors (Lipinski definition) is 1. The lowest BCUT2D eigenvalue weighted by Gasteiger charge is -2.07. The highest BCUT2D eigenvalue weighted by Crippen LogP contribution is 2.32. The molecule has 140 valence electrons. The normalized spacial score (nSPS) is 14.8. The number of nitrogens with one attached hydrogen (secondary N) is 1. The largest absolute Gasteiger partial charge is 0.454 e. The van der Waals surface area contributed by atoms with Gasteiger partial charge >= 0.3 is 0 Å². The number of hydrogen-bond acceptors (Lipinski definition) is 5. The van der Waals surface area contributed by atoms with Crippen LogP contribution in [0.25, 0.3) is 0 Å². The Labute approximate surface area is 158 Å². The number of carbonyl (C=O) groups is 1. The number of amides is 1. The third kappa shape index (κ3) is 4.05. The van der Waals surface area contributed by atoms with Gasteiger partial charge in [-0.25, -0.2) is 0 Å². The van der Waals surface area contributed by atoms with Crippen molar-refractivity contribution >= 4 is 11.6 Å². The maximum absolute atomic E-state index is 12.0. The molecule has 0 saturated heterocycles. The Hall–Kier alpha value is -3.02. The fourth-order valence-electron chi connectivity index (χ4n) is 3.35. The van der Waals surface area contributed by atoms with Crippen molar-refractivity contribution in [1.29, 1.82) is 0 Å². The molecule has 0 atom stereocenters. The smallest absolute Gasteiger partial charge is 0.261 e. The average Bonchev–Trinajstić information content (AvgIpc) is 3.34. The topological polar surface area (TPSA) is 69.2 Å². The molecule has 0 bridgehead atoms. The first-order chi connectivity index (χ1) is 13.2. The van der Waals surface area contributed by atoms with Crippen molar-refractivity contribution < 1.29 is 19.1 Å². The molecule has 0 fully saturated rings. The monoisotopic (exact) mass is 366 g/mol. The van der Waals surface area contributed by atoms with Crippen LogP contribution in [0.5, 0.6) is 11.5 Å². The molecule has 1 heterocycles. The van der Waals surface area contributed by atoms with Crippen LogP contribution in [0.4, 0.5) is 0 Å². The predicted molar refractivity (Wildman–Crippen MR) is 101 cm³/mol. The highest BCUT2D eigenvalue weighted by molar-refractivity contribution is 5.99. The van der Waals surface area contributed by atoms with Crippen molar-refractivity contribution in [3.63, 3.8) is 0 Å². The predicted octanol–water partition coefficient (Wildman–Crippen LogP) is 2.96. The summed E-state index contributed by atoms with van der Waals surface area (Å²) >= 11 is 0. The first kappa shape index (κ1) is 17.4. The lowest BCUT2D eigenvalue weighted by molar-refractivity contribution is -0.125. The van der Waals surface area contributed by atoms with E-state index < -0.39 is 0 Å². The zero-order valence-electron chi connectivity index (χ0n) is 15.3. The van der Waals surface area contributed by atoms with Crippen molar-refractivity contribution in [3.8, 4) is 11.5 Å². The summed E-state index contributed by atoms with van der Waals surface area (Å²) in [5.74, 6) is 1.21. The maximum Gasteiger partial charge on any atom is 0.261 e. The van der Waals surface area contributed by atoms with E-state index in [0.717, 1.165) is 29.7 Å². The van der Waals surface area contributed by atoms with Crippen LogP contribution >= 0.6 is 0 Å². The number of rotatable bonds is 6. The Balaban J connectivity index is 1.26. The van der Waals surface area contributed by atoms with E-state index in [1.807, 2.05) is 25.1 Å². The van der Waals surface area contributed by atoms with Gasteiger partial charge in [-0.05, 0) is 61.1 Å². The number of fused-ring (bicyclic) bond motifs is 2. The highest BCUT2D eigenvalue weighted by atomic mass is 16.7. The molecule has 1 aliphatic carbocycles. The van der Waals surface area contributed by atoms with Crippen molar-refractivity contribution in [2.75, 3.05) is 13.4 Å². The fourth-order valence-corrected chi connectivity index (χ4v) is 3.35. The Bertz CT molecular complexity index is 892. The first-order valence-electron chi connectivity index (χ1n) is 9.13. The fraction of sp³-hybridized carbons (Fsp3) is 0.333. The van der Waals surface area contributed by atoms with Crippen molar-refractivity contribution in [3.05, 3.63) is 58.7 Å². The lowest BCUT2D eigenvalue weighted by Crippen LogP contribution is -2.26. The van der Waals surface area contributed by atoms with E-state index in [-0.39, 0.29) is 19.3 Å². The van der Waals surface area contributed by atoms with Gasteiger partial charge in [0.2, 0.25) is 6.79 Å². The summed E-state index contributed by atoms with van der Waals surface area (Å²) in [6.45, 7) is 2.43. The maximum atomic E-state index is 12.0. The highest BCUT2D eigenvalue weighted by Gasteiger charge is 2.14. The molecule has 6 nitrogen and oxygen atoms in total. The molecule has 1 N–H and O–H groups in total. The summed E-state index contributed by atoms with van der Waals surface area (Å²) in [6.07, 6.45) is 3.52. The van der Waals surface area contributed by atoms with Crippen molar-refractivity contribution in [2.45, 2.75) is 32.7 Å². The molecule has 27 heavy (non-hydrogen) atoms. The summed E-state index contributed by atoms with van der Waals surface area (Å²) < 4.78 is 10.6. The minimum absolute atomic E-state index is 0.118. The summed E-state index contributed by atoms with van der Waals surface area (Å²) in [5.41, 5.74) is 5.48. The molecule has 1 amide bonds. The quantitative estimate of drug-likeness (QED) is 0.630. The summed E-state index contributed by atoms with van der Waals surface area (Å²) in [6, 6.07) is 12.0. The van der Waals surface area contributed by atoms with Gasteiger partial charge in [0.1, 0.15) is 0 Å². The Morgan fingerprint density at radius 2 is 1.96 bits per heavy atom. The zero-order chi connectivity index (χ0) is 18.6. The van der Waals surface area contributed by atoms with Gasteiger partial charge in [0.15, 0.2) is 18.1 Å². The van der Waals surface area contributed by atoms with Gasteiger partial charge in [-0.2, -0.15) is 0 Å². The zero-order valence-corrected chi connectivity index (χ0v) is 15.3. The van der Waals surface area contributed by atoms with Crippen LogP contribution in [0.2, 0.25) is 0 Å². The Morgan fingerprint density at radius 1 is 1.11 bits per heavy atom. The molecular formula is C21H22N2O4. The molecule has 1 aliphatic heterocycles. The van der Waals surface area contributed by atoms with Crippen LogP contribution in [0.1, 0.15) is 35.6 Å². The van der Waals surface area contributed by atoms with E-state index in [9.17, 15) is 4.79 Å². The summed E-state index contributed by atoms with van der Waals surface area (Å²) in [7, 11) is 0. The molecule has 2 aliphatic rings. The van der Waals surface area contributed by atoms with E-state index in [0.29, 0.717) is 18.0 Å². The van der Waals surface area contributed by atoms with Gasteiger partial charge in [0.05, 0.1) is 5.71 Å². The van der Waals surface area contributed by atoms with Gasteiger partial charge < -0.3 is 19.6 Å². The second-order valence-corrected chi connectivity index (χ2v) is 6.75. The second kappa shape index (κ2) is 7.70. The Morgan fingerprint density at radius 3 is 2.89 bits per heavy atom. The molecular weight excluding hydrogens is 344 g/mol. The van der Waals surface area contributed by atoms with E-state index in [1.165, 1.54) is 17.5 Å². The van der Waals surface area contributed by atoms with E-state index in [1.54, 1.807) is 0 Å². The molecule has 2 aromatic rings. The third-order valence-electron chi connectivity index (χ3n) is 4.84. The van der Waals surface area contributed by atoms with Gasteiger partial charge in [-0.15, -0.1) is 0 Å². The SMILES string of the molecule is CC(=NOCC(=O)NCc1ccc2c(c1)CCC2)c1ccc2c(c1)OCO2. The van der Waals surface area contributed by atoms with Gasteiger partial charge in [-0.1, -0.05) is 23.4 Å². The van der Waals surface area contributed by atoms with Crippen LogP contribution in [-0.2, 0) is 29.0 Å². The van der Waals surface area contributed by atoms with E-state index in [4.69, 9.17) is 14.3 Å². The van der Waals surface area contributed by atoms with Crippen LogP contribution in [0.15, 0.2) is 41.6 Å². The van der Waals surface area contributed by atoms with E-state index >= 15 is 0 Å². The van der Waals surface area contributed by atoms with Gasteiger partial charge in [0.25, 0.3) is 5.91 Å². The second-order valence-electron chi connectivity index (χ2n) is 6.75. The summed E-state index contributed by atoms with van der Waals surface area (Å²) in [4.78, 5) is 17.2. The van der Waals surface area contributed by atoms with Gasteiger partial charge in [-0.3, -0.25) is 4.79 Å². The number of benzene rings is 2. The van der Waals surface area contributed by atoms with Gasteiger partial charge in [0, 0.05) is 12.1 Å². The molecule has 4 rings (SSSR count). The number of nitrogens with zero attached hydrogens (tertiary/aromatic N) is 1. The van der Waals surface area contributed by atoms with Crippen molar-refractivity contribution in [1.82, 2.24) is 5.32 Å². The van der Waals surface area contributed by atoms with Crippen molar-refractivity contribution in [2.24, 2.45) is 5.16 Å². The molecule has 0 saturated carbocycles. The average molecular weight is 366 g/mol. The number of ether oxygens (including phenoxy) is 2. The molecule has 6 heteroatoms. The molecule has 0 radical (unpaired) electrons. The number of carbonyl (C=O) groups excluding carboxylic acids is 1. The van der Waals surface area contributed by atoms with Crippen LogP contribution in [-0.4, -0.2) is 25.0 Å². The number of aryl methyl sites for hydroxylation is 2. The third-order valence-corrected chi connectivity index (χ3v) is 4.84. The first-order valence-corrected chi connectivity index (χ1v) is 9.13. The minimum atomic E-state index is -0.197. The van der Waals surface area contributed by atoms with Crippen LogP contribution < -0.4 is 14.8 Å². The Kier molecular flexibility index (Phi) is 4.96. The summed E-state index contributed by atoms with van der Waals surface area (Å²) in [5, 5.41) is 6.89. The lowest BCUT2D eigenvalue weighted by atomic mass is 10.1. The molecule has 0 unspecified atom stereocenters. The van der Waals surface area contributed by atoms with Crippen LogP contribution in [0.3, 0.4) is 0 Å². The molecule has 0 aromatic heterocycles. The van der Waals surface area contributed by atoms with Crippen LogP contribution in [0, 0.1) is 0 Å². The van der Waals surface area contributed by atoms with E-state index in [2.05, 4.69) is 28.7 Å².